The van der Waals surface area contributed by atoms with E-state index in [9.17, 15) is 19.1 Å². The molecular weight excluding hydrogens is 349 g/mol. The lowest BCUT2D eigenvalue weighted by Gasteiger charge is -2.16. The predicted octanol–water partition coefficient (Wildman–Crippen LogP) is 3.73. The number of rotatable bonds is 8. The number of nitrogens with one attached hydrogen (secondary N) is 1. The highest BCUT2D eigenvalue weighted by Gasteiger charge is 2.22. The lowest BCUT2D eigenvalue weighted by Crippen LogP contribution is -2.28. The van der Waals surface area contributed by atoms with Crippen molar-refractivity contribution in [2.45, 2.75) is 32.2 Å². The van der Waals surface area contributed by atoms with Crippen molar-refractivity contribution < 1.29 is 23.8 Å². The van der Waals surface area contributed by atoms with Crippen LogP contribution in [-0.4, -0.2) is 23.6 Å². The molecule has 0 saturated heterocycles. The van der Waals surface area contributed by atoms with E-state index in [1.807, 2.05) is 0 Å². The molecule has 2 aromatic rings. The highest BCUT2D eigenvalue weighted by molar-refractivity contribution is 5.91. The fourth-order valence-electron chi connectivity index (χ4n) is 2.83. The molecule has 27 heavy (non-hydrogen) atoms. The maximum absolute atomic E-state index is 14.2. The summed E-state index contributed by atoms with van der Waals surface area (Å²) in [6.07, 6.45) is 2.21. The average molecular weight is 371 g/mol. The second-order valence-electron chi connectivity index (χ2n) is 6.87. The summed E-state index contributed by atoms with van der Waals surface area (Å²) in [7, 11) is 0. The van der Waals surface area contributed by atoms with Gasteiger partial charge in [0.2, 0.25) is 5.91 Å². The smallest absolute Gasteiger partial charge is 0.335 e. The minimum atomic E-state index is -1.07. The van der Waals surface area contributed by atoms with Crippen LogP contribution >= 0.6 is 0 Å². The molecule has 1 fully saturated rings. The first-order chi connectivity index (χ1) is 12.9. The van der Waals surface area contributed by atoms with E-state index in [-0.39, 0.29) is 23.6 Å². The Kier molecular flexibility index (Phi) is 5.74. The van der Waals surface area contributed by atoms with Gasteiger partial charge in [0.15, 0.2) is 11.6 Å². The molecule has 0 heterocycles. The fraction of sp³-hybridized carbons (Fsp3) is 0.333. The molecule has 0 spiro atoms. The molecular formula is C21H22FNO4. The number of aromatic carboxylic acids is 1. The van der Waals surface area contributed by atoms with E-state index >= 15 is 0 Å². The van der Waals surface area contributed by atoms with Crippen molar-refractivity contribution in [1.29, 1.82) is 0 Å². The van der Waals surface area contributed by atoms with Crippen molar-refractivity contribution in [2.75, 3.05) is 6.61 Å². The highest BCUT2D eigenvalue weighted by atomic mass is 19.1. The SMILES string of the molecule is CC(NC(=O)Cc1ccccc1C(=O)O)c1ccc(OCC2CC2)c(F)c1. The van der Waals surface area contributed by atoms with Gasteiger partial charge in [0.05, 0.1) is 24.6 Å². The number of carbonyl (C=O) groups excluding carboxylic acids is 1. The minimum Gasteiger partial charge on any atom is -0.490 e. The van der Waals surface area contributed by atoms with Crippen LogP contribution in [0.5, 0.6) is 5.75 Å². The third-order valence-electron chi connectivity index (χ3n) is 4.60. The second kappa shape index (κ2) is 8.20. The largest absolute Gasteiger partial charge is 0.490 e. The standard InChI is InChI=1S/C21H22FNO4/c1-13(15-8-9-19(18(22)10-15)27-12-14-6-7-14)23-20(24)11-16-4-2-3-5-17(16)21(25)26/h2-5,8-10,13-14H,6-7,11-12H2,1H3,(H,23,24)(H,25,26). The van der Waals surface area contributed by atoms with Gasteiger partial charge in [0.1, 0.15) is 0 Å². The maximum atomic E-state index is 14.2. The average Bonchev–Trinajstić information content (AvgIpc) is 3.45. The van der Waals surface area contributed by atoms with Crippen molar-refractivity contribution in [3.05, 3.63) is 65.0 Å². The molecule has 2 N–H and O–H groups in total. The summed E-state index contributed by atoms with van der Waals surface area (Å²) in [5.74, 6) is -1.10. The number of halogens is 1. The Morgan fingerprint density at radius 2 is 2.00 bits per heavy atom. The van der Waals surface area contributed by atoms with Crippen molar-refractivity contribution >= 4 is 11.9 Å². The van der Waals surface area contributed by atoms with E-state index in [4.69, 9.17) is 4.74 Å². The molecule has 2 aromatic carbocycles. The molecule has 142 valence electrons. The first-order valence-corrected chi connectivity index (χ1v) is 8.97. The van der Waals surface area contributed by atoms with Crippen molar-refractivity contribution in [3.63, 3.8) is 0 Å². The molecule has 1 amide bonds. The lowest BCUT2D eigenvalue weighted by molar-refractivity contribution is -0.121. The minimum absolute atomic E-state index is 0.0577. The number of carbonyl (C=O) groups is 2. The van der Waals surface area contributed by atoms with Crippen LogP contribution in [0.1, 0.15) is 47.3 Å². The number of benzene rings is 2. The molecule has 6 heteroatoms. The summed E-state index contributed by atoms with van der Waals surface area (Å²) >= 11 is 0. The molecule has 0 aliphatic heterocycles. The van der Waals surface area contributed by atoms with Gasteiger partial charge in [-0.2, -0.15) is 0 Å². The van der Waals surface area contributed by atoms with Crippen LogP contribution in [0.2, 0.25) is 0 Å². The van der Waals surface area contributed by atoms with Crippen LogP contribution in [0, 0.1) is 11.7 Å². The van der Waals surface area contributed by atoms with E-state index in [0.29, 0.717) is 23.7 Å². The highest BCUT2D eigenvalue weighted by Crippen LogP contribution is 2.30. The van der Waals surface area contributed by atoms with Crippen LogP contribution in [0.3, 0.4) is 0 Å². The van der Waals surface area contributed by atoms with Crippen LogP contribution in [0.25, 0.3) is 0 Å². The van der Waals surface area contributed by atoms with Crippen molar-refractivity contribution in [1.82, 2.24) is 5.32 Å². The van der Waals surface area contributed by atoms with Gasteiger partial charge in [-0.25, -0.2) is 9.18 Å². The number of hydrogen-bond donors (Lipinski definition) is 2. The number of carboxylic acids is 1. The van der Waals surface area contributed by atoms with E-state index in [2.05, 4.69) is 5.32 Å². The Hall–Kier alpha value is -2.89. The molecule has 0 bridgehead atoms. The Morgan fingerprint density at radius 3 is 2.67 bits per heavy atom. The van der Waals surface area contributed by atoms with Crippen LogP contribution < -0.4 is 10.1 Å². The second-order valence-corrected chi connectivity index (χ2v) is 6.87. The number of amides is 1. The topological polar surface area (TPSA) is 75.6 Å². The first kappa shape index (κ1) is 18.9. The molecule has 1 aliphatic carbocycles. The number of carboxylic acid groups (broad SMARTS) is 1. The van der Waals surface area contributed by atoms with Gasteiger partial charge in [-0.15, -0.1) is 0 Å². The fourth-order valence-corrected chi connectivity index (χ4v) is 2.83. The monoisotopic (exact) mass is 371 g/mol. The Labute approximate surface area is 157 Å². The van der Waals surface area contributed by atoms with Gasteiger partial charge in [-0.05, 0) is 55.0 Å². The third kappa shape index (κ3) is 5.06. The van der Waals surface area contributed by atoms with E-state index in [1.54, 1.807) is 37.3 Å². The molecule has 3 rings (SSSR count). The molecule has 0 radical (unpaired) electrons. The Bertz CT molecular complexity index is 848. The van der Waals surface area contributed by atoms with Crippen LogP contribution in [-0.2, 0) is 11.2 Å². The lowest BCUT2D eigenvalue weighted by atomic mass is 10.0. The normalized spacial score (nSPS) is 14.4. The van der Waals surface area contributed by atoms with E-state index in [1.165, 1.54) is 12.1 Å². The number of ether oxygens (including phenoxy) is 1. The molecule has 1 atom stereocenters. The summed E-state index contributed by atoms with van der Waals surface area (Å²) in [6.45, 7) is 2.28. The van der Waals surface area contributed by atoms with E-state index < -0.39 is 17.8 Å². The molecule has 5 nitrogen and oxygen atoms in total. The maximum Gasteiger partial charge on any atom is 0.335 e. The van der Waals surface area contributed by atoms with Gasteiger partial charge in [0.25, 0.3) is 0 Å². The van der Waals surface area contributed by atoms with Crippen molar-refractivity contribution in [2.24, 2.45) is 5.92 Å². The molecule has 1 saturated carbocycles. The van der Waals surface area contributed by atoms with Crippen molar-refractivity contribution in [3.8, 4) is 5.75 Å². The Balaban J connectivity index is 1.61. The molecule has 1 aliphatic rings. The van der Waals surface area contributed by atoms with Gasteiger partial charge in [-0.3, -0.25) is 4.79 Å². The Morgan fingerprint density at radius 1 is 1.26 bits per heavy atom. The van der Waals surface area contributed by atoms with E-state index in [0.717, 1.165) is 12.8 Å². The summed E-state index contributed by atoms with van der Waals surface area (Å²) in [5.41, 5.74) is 1.15. The third-order valence-corrected chi connectivity index (χ3v) is 4.60. The predicted molar refractivity (Wildman–Crippen MR) is 98.3 cm³/mol. The molecule has 0 aromatic heterocycles. The summed E-state index contributed by atoms with van der Waals surface area (Å²) in [4.78, 5) is 23.5. The zero-order valence-corrected chi connectivity index (χ0v) is 15.1. The first-order valence-electron chi connectivity index (χ1n) is 8.97. The van der Waals surface area contributed by atoms with Gasteiger partial charge in [-0.1, -0.05) is 24.3 Å². The zero-order valence-electron chi connectivity index (χ0n) is 15.1. The van der Waals surface area contributed by atoms with Crippen LogP contribution in [0.4, 0.5) is 4.39 Å². The molecule has 1 unspecified atom stereocenters. The zero-order chi connectivity index (χ0) is 19.4. The van der Waals surface area contributed by atoms with Crippen LogP contribution in [0.15, 0.2) is 42.5 Å². The van der Waals surface area contributed by atoms with Gasteiger partial charge >= 0.3 is 5.97 Å². The van der Waals surface area contributed by atoms with Gasteiger partial charge < -0.3 is 15.2 Å². The summed E-state index contributed by atoms with van der Waals surface area (Å²) in [5, 5.41) is 12.0. The summed E-state index contributed by atoms with van der Waals surface area (Å²) < 4.78 is 19.7. The van der Waals surface area contributed by atoms with Gasteiger partial charge in [0, 0.05) is 0 Å². The quantitative estimate of drug-likeness (QED) is 0.741. The number of hydrogen-bond acceptors (Lipinski definition) is 3. The summed E-state index contributed by atoms with van der Waals surface area (Å²) in [6, 6.07) is 10.6.